The van der Waals surface area contributed by atoms with Crippen molar-refractivity contribution in [2.45, 2.75) is 11.7 Å². The molecule has 0 fully saturated rings. The van der Waals surface area contributed by atoms with Crippen LogP contribution in [0.2, 0.25) is 0 Å². The molecule has 0 unspecified atom stereocenters. The second-order valence-electron chi connectivity index (χ2n) is 5.68. The summed E-state index contributed by atoms with van der Waals surface area (Å²) in [6.45, 7) is 4.07. The Kier molecular flexibility index (Phi) is 6.05. The smallest absolute Gasteiger partial charge is 0.234 e. The Morgan fingerprint density at radius 3 is 2.75 bits per heavy atom. The second-order valence-corrected chi connectivity index (χ2v) is 6.63. The molecule has 9 heteroatoms. The maximum absolute atomic E-state index is 13.6. The van der Waals surface area contributed by atoms with Crippen LogP contribution in [0, 0.1) is 11.6 Å². The molecule has 144 valence electrons. The number of nitrogens with zero attached hydrogens (tertiary/aromatic N) is 3. The highest BCUT2D eigenvalue weighted by atomic mass is 32.2. The number of anilines is 1. The van der Waals surface area contributed by atoms with Gasteiger partial charge in [0.05, 0.1) is 17.0 Å². The highest BCUT2D eigenvalue weighted by Gasteiger charge is 2.17. The van der Waals surface area contributed by atoms with Crippen LogP contribution in [0.1, 0.15) is 0 Å². The summed E-state index contributed by atoms with van der Waals surface area (Å²) in [6, 6.07) is 9.62. The van der Waals surface area contributed by atoms with Crippen molar-refractivity contribution in [1.29, 1.82) is 0 Å². The van der Waals surface area contributed by atoms with Crippen molar-refractivity contribution in [2.24, 2.45) is 0 Å². The third-order valence-electron chi connectivity index (χ3n) is 3.71. The van der Waals surface area contributed by atoms with E-state index in [0.29, 0.717) is 29.2 Å². The summed E-state index contributed by atoms with van der Waals surface area (Å²) in [6.07, 6.45) is 1.64. The molecule has 0 spiro atoms. The molecule has 0 saturated heterocycles. The molecular formula is C19H16F2N4O2S. The summed E-state index contributed by atoms with van der Waals surface area (Å²) in [4.78, 5) is 12.1. The molecule has 0 saturated carbocycles. The van der Waals surface area contributed by atoms with Gasteiger partial charge in [-0.25, -0.2) is 8.78 Å². The fraction of sp³-hybridized carbons (Fsp3) is 0.105. The average molecular weight is 402 g/mol. The van der Waals surface area contributed by atoms with Gasteiger partial charge < -0.3 is 10.4 Å². The SMILES string of the molecule is C=CCn1c(SCC(=O)Nc2ccc(F)cc2F)nnc1-c1ccccc1O. The van der Waals surface area contributed by atoms with E-state index in [-0.39, 0.29) is 17.2 Å². The van der Waals surface area contributed by atoms with Crippen LogP contribution < -0.4 is 5.32 Å². The first-order chi connectivity index (χ1) is 13.5. The summed E-state index contributed by atoms with van der Waals surface area (Å²) < 4.78 is 28.3. The van der Waals surface area contributed by atoms with Crippen LogP contribution in [0.15, 0.2) is 60.3 Å². The van der Waals surface area contributed by atoms with Crippen molar-refractivity contribution in [3.8, 4) is 17.1 Å². The number of nitrogens with one attached hydrogen (secondary N) is 1. The molecule has 3 rings (SSSR count). The number of rotatable bonds is 7. The number of phenolic OH excluding ortho intramolecular Hbond substituents is 1. The van der Waals surface area contributed by atoms with Crippen molar-refractivity contribution in [1.82, 2.24) is 14.8 Å². The Labute approximate surface area is 163 Å². The molecule has 28 heavy (non-hydrogen) atoms. The molecule has 2 N–H and O–H groups in total. The van der Waals surface area contributed by atoms with Crippen LogP contribution in [0.3, 0.4) is 0 Å². The molecule has 1 aromatic heterocycles. The van der Waals surface area contributed by atoms with Crippen LogP contribution >= 0.6 is 11.8 Å². The van der Waals surface area contributed by atoms with Crippen molar-refractivity contribution in [3.63, 3.8) is 0 Å². The van der Waals surface area contributed by atoms with Gasteiger partial charge in [0.25, 0.3) is 0 Å². The Hall–Kier alpha value is -3.20. The number of allylic oxidation sites excluding steroid dienone is 1. The van der Waals surface area contributed by atoms with Crippen molar-refractivity contribution in [3.05, 3.63) is 66.8 Å². The van der Waals surface area contributed by atoms with Gasteiger partial charge in [0.2, 0.25) is 5.91 Å². The Morgan fingerprint density at radius 1 is 1.25 bits per heavy atom. The van der Waals surface area contributed by atoms with E-state index in [1.807, 2.05) is 0 Å². The zero-order valence-electron chi connectivity index (χ0n) is 14.6. The number of thioether (sulfide) groups is 1. The van der Waals surface area contributed by atoms with E-state index >= 15 is 0 Å². The quantitative estimate of drug-likeness (QED) is 0.464. The predicted molar refractivity (Wildman–Crippen MR) is 103 cm³/mol. The lowest BCUT2D eigenvalue weighted by molar-refractivity contribution is -0.113. The minimum Gasteiger partial charge on any atom is -0.507 e. The average Bonchev–Trinajstić information content (AvgIpc) is 3.06. The molecule has 3 aromatic rings. The van der Waals surface area contributed by atoms with E-state index in [9.17, 15) is 18.7 Å². The zero-order chi connectivity index (χ0) is 20.1. The van der Waals surface area contributed by atoms with Crippen LogP contribution in [0.25, 0.3) is 11.4 Å². The fourth-order valence-corrected chi connectivity index (χ4v) is 3.21. The van der Waals surface area contributed by atoms with Crippen LogP contribution in [0.4, 0.5) is 14.5 Å². The summed E-state index contributed by atoms with van der Waals surface area (Å²) >= 11 is 1.10. The number of aromatic nitrogens is 3. The van der Waals surface area contributed by atoms with Gasteiger partial charge >= 0.3 is 0 Å². The van der Waals surface area contributed by atoms with Gasteiger partial charge in [0, 0.05) is 12.6 Å². The number of aromatic hydroxyl groups is 1. The number of halogens is 2. The van der Waals surface area contributed by atoms with Gasteiger partial charge in [-0.3, -0.25) is 9.36 Å². The summed E-state index contributed by atoms with van der Waals surface area (Å²) in [5.74, 6) is -1.62. The number of hydrogen-bond acceptors (Lipinski definition) is 5. The molecule has 2 aromatic carbocycles. The maximum Gasteiger partial charge on any atom is 0.234 e. The van der Waals surface area contributed by atoms with Gasteiger partial charge in [0.15, 0.2) is 11.0 Å². The van der Waals surface area contributed by atoms with E-state index in [1.54, 1.807) is 34.9 Å². The topological polar surface area (TPSA) is 80.0 Å². The number of carbonyl (C=O) groups excluding carboxylic acids is 1. The van der Waals surface area contributed by atoms with Crippen LogP contribution in [0.5, 0.6) is 5.75 Å². The highest BCUT2D eigenvalue weighted by molar-refractivity contribution is 7.99. The van der Waals surface area contributed by atoms with Gasteiger partial charge in [0.1, 0.15) is 17.4 Å². The first-order valence-corrected chi connectivity index (χ1v) is 9.18. The van der Waals surface area contributed by atoms with Crippen molar-refractivity contribution >= 4 is 23.4 Å². The van der Waals surface area contributed by atoms with Gasteiger partial charge in [-0.1, -0.05) is 30.0 Å². The van der Waals surface area contributed by atoms with Crippen LogP contribution in [-0.2, 0) is 11.3 Å². The molecule has 0 aliphatic rings. The summed E-state index contributed by atoms with van der Waals surface area (Å²) in [5.41, 5.74) is 0.399. The Bertz CT molecular complexity index is 1020. The number of phenols is 1. The number of carbonyl (C=O) groups is 1. The predicted octanol–water partition coefficient (Wildman–Crippen LogP) is 3.85. The third kappa shape index (κ3) is 4.37. The number of amides is 1. The van der Waals surface area contributed by atoms with E-state index in [2.05, 4.69) is 22.1 Å². The van der Waals surface area contributed by atoms with E-state index < -0.39 is 17.5 Å². The second kappa shape index (κ2) is 8.66. The number of hydrogen-bond donors (Lipinski definition) is 2. The van der Waals surface area contributed by atoms with E-state index in [1.165, 1.54) is 0 Å². The van der Waals surface area contributed by atoms with Crippen LogP contribution in [-0.4, -0.2) is 31.5 Å². The summed E-state index contributed by atoms with van der Waals surface area (Å²) in [7, 11) is 0. The Balaban J connectivity index is 1.74. The molecule has 0 bridgehead atoms. The zero-order valence-corrected chi connectivity index (χ0v) is 15.4. The largest absolute Gasteiger partial charge is 0.507 e. The first kappa shape index (κ1) is 19.6. The minimum atomic E-state index is -0.852. The molecule has 0 radical (unpaired) electrons. The van der Waals surface area contributed by atoms with Gasteiger partial charge in [-0.15, -0.1) is 16.8 Å². The van der Waals surface area contributed by atoms with E-state index in [4.69, 9.17) is 0 Å². The van der Waals surface area contributed by atoms with Gasteiger partial charge in [-0.2, -0.15) is 0 Å². The number of para-hydroxylation sites is 1. The monoisotopic (exact) mass is 402 g/mol. The molecule has 0 atom stereocenters. The normalized spacial score (nSPS) is 10.6. The van der Waals surface area contributed by atoms with Crippen molar-refractivity contribution in [2.75, 3.05) is 11.1 Å². The lowest BCUT2D eigenvalue weighted by Gasteiger charge is -2.09. The molecular weight excluding hydrogens is 386 g/mol. The first-order valence-electron chi connectivity index (χ1n) is 8.19. The molecule has 0 aliphatic heterocycles. The lowest BCUT2D eigenvalue weighted by Crippen LogP contribution is -2.15. The standard InChI is InChI=1S/C19H16F2N4O2S/c1-2-9-25-18(13-5-3-4-6-16(13)26)23-24-19(25)28-11-17(27)22-15-8-7-12(20)10-14(15)21/h2-8,10,26H,1,9,11H2,(H,22,27). The van der Waals surface area contributed by atoms with Crippen molar-refractivity contribution < 1.29 is 18.7 Å². The lowest BCUT2D eigenvalue weighted by atomic mass is 10.2. The minimum absolute atomic E-state index is 0.0568. The molecule has 6 nitrogen and oxygen atoms in total. The third-order valence-corrected chi connectivity index (χ3v) is 4.68. The highest BCUT2D eigenvalue weighted by Crippen LogP contribution is 2.30. The number of benzene rings is 2. The molecule has 0 aliphatic carbocycles. The van der Waals surface area contributed by atoms with E-state index in [0.717, 1.165) is 23.9 Å². The molecule has 1 heterocycles. The Morgan fingerprint density at radius 2 is 2.04 bits per heavy atom. The summed E-state index contributed by atoms with van der Waals surface area (Å²) in [5, 5.41) is 21.1. The van der Waals surface area contributed by atoms with Gasteiger partial charge in [-0.05, 0) is 24.3 Å². The fourth-order valence-electron chi connectivity index (χ4n) is 2.46. The molecule has 1 amide bonds. The maximum atomic E-state index is 13.6.